The van der Waals surface area contributed by atoms with Crippen molar-refractivity contribution < 1.29 is 4.74 Å². The van der Waals surface area contributed by atoms with Gasteiger partial charge in [0.2, 0.25) is 0 Å². The molecule has 2 saturated heterocycles. The zero-order valence-electron chi connectivity index (χ0n) is 10.2. The highest BCUT2D eigenvalue weighted by molar-refractivity contribution is 9.08. The van der Waals surface area contributed by atoms with Crippen molar-refractivity contribution in [2.75, 3.05) is 18.0 Å². The van der Waals surface area contributed by atoms with E-state index in [2.05, 4.69) is 46.0 Å². The molecule has 2 atom stereocenters. The van der Waals surface area contributed by atoms with Gasteiger partial charge in [0, 0.05) is 24.1 Å². The van der Waals surface area contributed by atoms with Crippen LogP contribution in [0.2, 0.25) is 0 Å². The molecule has 2 fully saturated rings. The number of alkyl halides is 1. The van der Waals surface area contributed by atoms with Crippen LogP contribution < -0.4 is 4.90 Å². The first-order chi connectivity index (χ1) is 8.26. The van der Waals surface area contributed by atoms with Crippen LogP contribution in [0.3, 0.4) is 0 Å². The number of nitrogens with zero attached hydrogens (tertiary/aromatic N) is 1. The number of benzene rings is 1. The third-order valence-corrected chi connectivity index (χ3v) is 4.48. The molecule has 2 nitrogen and oxygen atoms in total. The van der Waals surface area contributed by atoms with E-state index in [1.807, 2.05) is 0 Å². The number of ether oxygens (including phenoxy) is 1. The first kappa shape index (κ1) is 11.5. The van der Waals surface area contributed by atoms with Gasteiger partial charge in [-0.3, -0.25) is 0 Å². The van der Waals surface area contributed by atoms with E-state index in [1.54, 1.807) is 0 Å². The molecule has 0 saturated carbocycles. The molecule has 17 heavy (non-hydrogen) atoms. The number of aryl methyl sites for hydroxylation is 1. The minimum Gasteiger partial charge on any atom is -0.371 e. The Balaban J connectivity index is 1.82. The van der Waals surface area contributed by atoms with Gasteiger partial charge in [0.15, 0.2) is 0 Å². The summed E-state index contributed by atoms with van der Waals surface area (Å²) in [6.45, 7) is 4.31. The number of morpholine rings is 1. The van der Waals surface area contributed by atoms with Crippen LogP contribution in [0.1, 0.15) is 24.0 Å². The molecule has 2 heterocycles. The predicted molar refractivity (Wildman–Crippen MR) is 73.9 cm³/mol. The summed E-state index contributed by atoms with van der Waals surface area (Å²) in [6, 6.07) is 6.78. The molecule has 2 bridgehead atoms. The van der Waals surface area contributed by atoms with Gasteiger partial charge in [0.05, 0.1) is 12.2 Å². The third-order valence-electron chi connectivity index (χ3n) is 3.88. The lowest BCUT2D eigenvalue weighted by Gasteiger charge is -2.34. The number of rotatable bonds is 2. The number of fused-ring (bicyclic) bond motifs is 2. The highest BCUT2D eigenvalue weighted by atomic mass is 79.9. The third kappa shape index (κ3) is 2.23. The average molecular weight is 296 g/mol. The summed E-state index contributed by atoms with van der Waals surface area (Å²) >= 11 is 3.52. The topological polar surface area (TPSA) is 12.5 Å². The van der Waals surface area contributed by atoms with Crippen molar-refractivity contribution in [1.29, 1.82) is 0 Å². The van der Waals surface area contributed by atoms with Crippen LogP contribution in [0.25, 0.3) is 0 Å². The quantitative estimate of drug-likeness (QED) is 0.777. The second-order valence-electron chi connectivity index (χ2n) is 5.11. The van der Waals surface area contributed by atoms with Gasteiger partial charge >= 0.3 is 0 Å². The van der Waals surface area contributed by atoms with Gasteiger partial charge in [-0.15, -0.1) is 0 Å². The molecule has 0 aliphatic carbocycles. The zero-order chi connectivity index (χ0) is 11.8. The fourth-order valence-electron chi connectivity index (χ4n) is 2.85. The molecule has 0 radical (unpaired) electrons. The van der Waals surface area contributed by atoms with Gasteiger partial charge < -0.3 is 9.64 Å². The van der Waals surface area contributed by atoms with Crippen LogP contribution in [-0.2, 0) is 10.1 Å². The first-order valence-corrected chi connectivity index (χ1v) is 7.44. The number of hydrogen-bond donors (Lipinski definition) is 0. The van der Waals surface area contributed by atoms with Crippen LogP contribution in [-0.4, -0.2) is 25.3 Å². The van der Waals surface area contributed by atoms with Crippen LogP contribution in [0.5, 0.6) is 0 Å². The van der Waals surface area contributed by atoms with Crippen molar-refractivity contribution in [3.05, 3.63) is 29.3 Å². The lowest BCUT2D eigenvalue weighted by Crippen LogP contribution is -2.42. The molecule has 0 amide bonds. The molecule has 92 valence electrons. The second kappa shape index (κ2) is 4.62. The van der Waals surface area contributed by atoms with E-state index >= 15 is 0 Å². The van der Waals surface area contributed by atoms with Crippen molar-refractivity contribution >= 4 is 21.6 Å². The number of anilines is 1. The monoisotopic (exact) mass is 295 g/mol. The van der Waals surface area contributed by atoms with E-state index in [9.17, 15) is 0 Å². The molecular weight excluding hydrogens is 278 g/mol. The van der Waals surface area contributed by atoms with Crippen LogP contribution in [0, 0.1) is 6.92 Å². The summed E-state index contributed by atoms with van der Waals surface area (Å²) in [4.78, 5) is 2.48. The highest BCUT2D eigenvalue weighted by Crippen LogP contribution is 2.30. The minimum atomic E-state index is 0.463. The largest absolute Gasteiger partial charge is 0.371 e. The van der Waals surface area contributed by atoms with Crippen molar-refractivity contribution in [2.45, 2.75) is 37.3 Å². The van der Waals surface area contributed by atoms with Gasteiger partial charge in [-0.05, 0) is 43.0 Å². The normalized spacial score (nSPS) is 27.5. The Bertz CT molecular complexity index is 409. The molecule has 0 N–H and O–H groups in total. The fraction of sp³-hybridized carbons (Fsp3) is 0.571. The van der Waals surface area contributed by atoms with E-state index in [1.165, 1.54) is 29.7 Å². The molecular formula is C14H18BrNO. The minimum absolute atomic E-state index is 0.463. The van der Waals surface area contributed by atoms with Gasteiger partial charge in [0.25, 0.3) is 0 Å². The molecule has 2 aliphatic heterocycles. The first-order valence-electron chi connectivity index (χ1n) is 6.32. The molecule has 3 heteroatoms. The van der Waals surface area contributed by atoms with Gasteiger partial charge in [-0.1, -0.05) is 22.0 Å². The van der Waals surface area contributed by atoms with Crippen molar-refractivity contribution in [1.82, 2.24) is 0 Å². The van der Waals surface area contributed by atoms with Gasteiger partial charge in [-0.2, -0.15) is 0 Å². The Morgan fingerprint density at radius 1 is 1.29 bits per heavy atom. The van der Waals surface area contributed by atoms with E-state index in [-0.39, 0.29) is 0 Å². The lowest BCUT2D eigenvalue weighted by atomic mass is 10.1. The standard InChI is InChI=1S/C14H18BrNO/c1-10-6-12(3-2-11(10)7-15)16-8-13-4-5-14(9-16)17-13/h2-3,6,13-14H,4-5,7-9H2,1H3. The van der Waals surface area contributed by atoms with E-state index in [4.69, 9.17) is 4.74 Å². The van der Waals surface area contributed by atoms with Crippen LogP contribution >= 0.6 is 15.9 Å². The maximum atomic E-state index is 5.87. The summed E-state index contributed by atoms with van der Waals surface area (Å²) in [6.07, 6.45) is 3.40. The zero-order valence-corrected chi connectivity index (χ0v) is 11.7. The molecule has 2 aliphatic rings. The Hall–Kier alpha value is -0.540. The summed E-state index contributed by atoms with van der Waals surface area (Å²) in [5, 5.41) is 0.938. The number of hydrogen-bond acceptors (Lipinski definition) is 2. The molecule has 0 aromatic heterocycles. The van der Waals surface area contributed by atoms with Crippen molar-refractivity contribution in [2.24, 2.45) is 0 Å². The summed E-state index contributed by atoms with van der Waals surface area (Å²) in [7, 11) is 0. The molecule has 3 rings (SSSR count). The SMILES string of the molecule is Cc1cc(N2CC3CCC(C2)O3)ccc1CBr. The predicted octanol–water partition coefficient (Wildman–Crippen LogP) is 3.26. The Morgan fingerprint density at radius 2 is 2.00 bits per heavy atom. The maximum Gasteiger partial charge on any atom is 0.0755 e. The van der Waals surface area contributed by atoms with Crippen molar-refractivity contribution in [3.8, 4) is 0 Å². The highest BCUT2D eigenvalue weighted by Gasteiger charge is 2.33. The van der Waals surface area contributed by atoms with Gasteiger partial charge in [-0.25, -0.2) is 0 Å². The van der Waals surface area contributed by atoms with Gasteiger partial charge in [0.1, 0.15) is 0 Å². The summed E-state index contributed by atoms with van der Waals surface area (Å²) in [5.74, 6) is 0. The Labute approximate surface area is 111 Å². The smallest absolute Gasteiger partial charge is 0.0755 e. The lowest BCUT2D eigenvalue weighted by molar-refractivity contribution is 0.0305. The van der Waals surface area contributed by atoms with Crippen LogP contribution in [0.15, 0.2) is 18.2 Å². The van der Waals surface area contributed by atoms with Crippen LogP contribution in [0.4, 0.5) is 5.69 Å². The number of halogens is 1. The summed E-state index contributed by atoms with van der Waals surface area (Å²) in [5.41, 5.74) is 4.11. The van der Waals surface area contributed by atoms with Crippen molar-refractivity contribution in [3.63, 3.8) is 0 Å². The van der Waals surface area contributed by atoms with E-state index < -0.39 is 0 Å². The van der Waals surface area contributed by atoms with E-state index in [0.717, 1.165) is 18.4 Å². The van der Waals surface area contributed by atoms with E-state index in [0.29, 0.717) is 12.2 Å². The summed E-state index contributed by atoms with van der Waals surface area (Å²) < 4.78 is 5.87. The Kier molecular flexibility index (Phi) is 3.14. The second-order valence-corrected chi connectivity index (χ2v) is 5.67. The Morgan fingerprint density at radius 3 is 2.59 bits per heavy atom. The fourth-order valence-corrected chi connectivity index (χ4v) is 3.48. The molecule has 1 aromatic carbocycles. The maximum absolute atomic E-state index is 5.87. The molecule has 2 unspecified atom stereocenters. The molecule has 0 spiro atoms. The molecule has 1 aromatic rings. The average Bonchev–Trinajstić information content (AvgIpc) is 2.68.